The van der Waals surface area contributed by atoms with E-state index in [1.54, 1.807) is 6.07 Å². The number of carbonyl (C=O) groups excluding carboxylic acids is 1. The first-order valence-corrected chi connectivity index (χ1v) is 9.23. The van der Waals surface area contributed by atoms with Crippen molar-refractivity contribution in [1.29, 1.82) is 0 Å². The summed E-state index contributed by atoms with van der Waals surface area (Å²) in [6, 6.07) is 15.4. The van der Waals surface area contributed by atoms with Gasteiger partial charge in [-0.05, 0) is 48.4 Å². The highest BCUT2D eigenvalue weighted by atomic mass is 19.4. The summed E-state index contributed by atoms with van der Waals surface area (Å²) < 4.78 is 49.6. The van der Waals surface area contributed by atoms with Crippen LogP contribution in [0.4, 0.5) is 13.2 Å². The number of ether oxygens (including phenoxy) is 1. The summed E-state index contributed by atoms with van der Waals surface area (Å²) in [5.41, 5.74) is 1.39. The zero-order valence-electron chi connectivity index (χ0n) is 15.9. The number of carbonyl (C=O) groups is 1. The number of cyclic esters (lactones) is 1. The summed E-state index contributed by atoms with van der Waals surface area (Å²) in [7, 11) is 0. The molecule has 1 aliphatic heterocycles. The van der Waals surface area contributed by atoms with Crippen molar-refractivity contribution in [3.05, 3.63) is 88.8 Å². The Bertz CT molecular complexity index is 1150. The number of furan rings is 1. The summed E-state index contributed by atoms with van der Waals surface area (Å²) in [6.07, 6.45) is -2.15. The van der Waals surface area contributed by atoms with Crippen LogP contribution in [0.3, 0.4) is 0 Å². The SMILES string of the molecule is CCc1ccc(C2=N/C(=C\c3ccc(-c4cccc(C(F)(F)F)c4)o3)C(=O)O2)cc1. The van der Waals surface area contributed by atoms with Crippen molar-refractivity contribution in [3.8, 4) is 11.3 Å². The maximum absolute atomic E-state index is 12.9. The molecule has 2 aromatic carbocycles. The number of hydrogen-bond acceptors (Lipinski definition) is 4. The maximum atomic E-state index is 12.9. The lowest BCUT2D eigenvalue weighted by Gasteiger charge is -2.07. The Labute approximate surface area is 170 Å². The van der Waals surface area contributed by atoms with E-state index in [1.807, 2.05) is 31.2 Å². The molecule has 0 unspecified atom stereocenters. The molecule has 3 aromatic rings. The molecule has 0 N–H and O–H groups in total. The van der Waals surface area contributed by atoms with Crippen molar-refractivity contribution in [2.75, 3.05) is 0 Å². The summed E-state index contributed by atoms with van der Waals surface area (Å²) in [5, 5.41) is 0. The minimum absolute atomic E-state index is 0.0505. The summed E-state index contributed by atoms with van der Waals surface area (Å²) in [5.74, 6) is 0.0968. The Hall–Kier alpha value is -3.61. The van der Waals surface area contributed by atoms with Crippen molar-refractivity contribution in [1.82, 2.24) is 0 Å². The van der Waals surface area contributed by atoms with E-state index in [1.165, 1.54) is 24.3 Å². The minimum Gasteiger partial charge on any atom is -0.457 e. The molecule has 1 aliphatic rings. The van der Waals surface area contributed by atoms with Gasteiger partial charge in [0.05, 0.1) is 5.56 Å². The second-order valence-corrected chi connectivity index (χ2v) is 6.67. The maximum Gasteiger partial charge on any atom is 0.416 e. The van der Waals surface area contributed by atoms with Gasteiger partial charge in [-0.1, -0.05) is 31.2 Å². The van der Waals surface area contributed by atoms with Gasteiger partial charge in [0.25, 0.3) is 0 Å². The second kappa shape index (κ2) is 7.67. The van der Waals surface area contributed by atoms with E-state index in [9.17, 15) is 18.0 Å². The van der Waals surface area contributed by atoms with Gasteiger partial charge in [0, 0.05) is 17.2 Å². The normalized spacial score (nSPS) is 15.4. The summed E-state index contributed by atoms with van der Waals surface area (Å²) in [4.78, 5) is 16.4. The van der Waals surface area contributed by atoms with E-state index in [0.29, 0.717) is 5.56 Å². The van der Waals surface area contributed by atoms with Crippen LogP contribution in [0.15, 0.2) is 75.8 Å². The first-order chi connectivity index (χ1) is 14.3. The fourth-order valence-electron chi connectivity index (χ4n) is 2.98. The highest BCUT2D eigenvalue weighted by Gasteiger charge is 2.30. The molecule has 4 nitrogen and oxygen atoms in total. The molecule has 0 saturated heterocycles. The summed E-state index contributed by atoms with van der Waals surface area (Å²) in [6.45, 7) is 2.04. The smallest absolute Gasteiger partial charge is 0.416 e. The van der Waals surface area contributed by atoms with E-state index in [2.05, 4.69) is 4.99 Å². The van der Waals surface area contributed by atoms with Crippen molar-refractivity contribution in [3.63, 3.8) is 0 Å². The zero-order valence-corrected chi connectivity index (χ0v) is 15.9. The second-order valence-electron chi connectivity index (χ2n) is 6.67. The van der Waals surface area contributed by atoms with E-state index in [0.717, 1.165) is 24.1 Å². The average Bonchev–Trinajstić information content (AvgIpc) is 3.35. The van der Waals surface area contributed by atoms with Crippen LogP contribution >= 0.6 is 0 Å². The summed E-state index contributed by atoms with van der Waals surface area (Å²) >= 11 is 0. The Morgan fingerprint density at radius 2 is 1.77 bits per heavy atom. The number of nitrogens with zero attached hydrogens (tertiary/aromatic N) is 1. The monoisotopic (exact) mass is 411 g/mol. The quantitative estimate of drug-likeness (QED) is 0.398. The van der Waals surface area contributed by atoms with Gasteiger partial charge in [-0.3, -0.25) is 0 Å². The van der Waals surface area contributed by atoms with Crippen LogP contribution in [0.25, 0.3) is 17.4 Å². The molecule has 7 heteroatoms. The van der Waals surface area contributed by atoms with Crippen molar-refractivity contribution >= 4 is 17.9 Å². The van der Waals surface area contributed by atoms with E-state index in [4.69, 9.17) is 9.15 Å². The van der Waals surface area contributed by atoms with Gasteiger partial charge in [-0.2, -0.15) is 13.2 Å². The van der Waals surface area contributed by atoms with Crippen LogP contribution in [0.5, 0.6) is 0 Å². The molecular formula is C23H16F3NO3. The van der Waals surface area contributed by atoms with Crippen LogP contribution in [0, 0.1) is 0 Å². The van der Waals surface area contributed by atoms with Gasteiger partial charge in [0.1, 0.15) is 11.5 Å². The molecule has 1 aromatic heterocycles. The van der Waals surface area contributed by atoms with E-state index >= 15 is 0 Å². The van der Waals surface area contributed by atoms with Gasteiger partial charge < -0.3 is 9.15 Å². The molecule has 0 radical (unpaired) electrons. The molecular weight excluding hydrogens is 395 g/mol. The molecule has 152 valence electrons. The first-order valence-electron chi connectivity index (χ1n) is 9.23. The van der Waals surface area contributed by atoms with Gasteiger partial charge in [-0.25, -0.2) is 9.79 Å². The van der Waals surface area contributed by atoms with Gasteiger partial charge in [0.2, 0.25) is 5.90 Å². The third-order valence-corrected chi connectivity index (χ3v) is 4.61. The molecule has 0 fully saturated rings. The zero-order chi connectivity index (χ0) is 21.3. The Kier molecular flexibility index (Phi) is 5.03. The lowest BCUT2D eigenvalue weighted by atomic mass is 10.1. The van der Waals surface area contributed by atoms with Gasteiger partial charge in [0.15, 0.2) is 5.70 Å². The highest BCUT2D eigenvalue weighted by Crippen LogP contribution is 2.33. The fraction of sp³-hybridized carbons (Fsp3) is 0.130. The van der Waals surface area contributed by atoms with Crippen molar-refractivity contribution < 1.29 is 27.1 Å². The minimum atomic E-state index is -4.44. The van der Waals surface area contributed by atoms with Crippen LogP contribution in [0.1, 0.15) is 29.4 Å². The molecule has 0 amide bonds. The van der Waals surface area contributed by atoms with E-state index in [-0.39, 0.29) is 28.7 Å². The van der Waals surface area contributed by atoms with Crippen LogP contribution in [-0.2, 0) is 22.1 Å². The topological polar surface area (TPSA) is 51.8 Å². The molecule has 0 atom stereocenters. The lowest BCUT2D eigenvalue weighted by molar-refractivity contribution is -0.137. The predicted molar refractivity (Wildman–Crippen MR) is 106 cm³/mol. The number of aliphatic imine (C=N–C) groups is 1. The molecule has 0 aliphatic carbocycles. The highest BCUT2D eigenvalue weighted by molar-refractivity contribution is 6.12. The lowest BCUT2D eigenvalue weighted by Crippen LogP contribution is -2.05. The molecule has 2 heterocycles. The van der Waals surface area contributed by atoms with E-state index < -0.39 is 17.7 Å². The Morgan fingerprint density at radius 1 is 1.00 bits per heavy atom. The largest absolute Gasteiger partial charge is 0.457 e. The number of rotatable bonds is 4. The number of halogens is 3. The number of aryl methyl sites for hydroxylation is 1. The third kappa shape index (κ3) is 4.05. The molecule has 30 heavy (non-hydrogen) atoms. The third-order valence-electron chi connectivity index (χ3n) is 4.61. The van der Waals surface area contributed by atoms with Gasteiger partial charge in [-0.15, -0.1) is 0 Å². The number of esters is 1. The standard InChI is InChI=1S/C23H16F3NO3/c1-2-14-6-8-15(9-7-14)21-27-19(22(28)30-21)13-18-10-11-20(29-18)16-4-3-5-17(12-16)23(24,25)26/h3-13H,2H2,1H3/b19-13-. The van der Waals surface area contributed by atoms with Crippen molar-refractivity contribution in [2.24, 2.45) is 4.99 Å². The van der Waals surface area contributed by atoms with Crippen LogP contribution < -0.4 is 0 Å². The van der Waals surface area contributed by atoms with Crippen LogP contribution in [0.2, 0.25) is 0 Å². The number of hydrogen-bond donors (Lipinski definition) is 0. The fourth-order valence-corrected chi connectivity index (χ4v) is 2.98. The molecule has 0 spiro atoms. The molecule has 0 bridgehead atoms. The molecule has 0 saturated carbocycles. The Morgan fingerprint density at radius 3 is 2.47 bits per heavy atom. The number of alkyl halides is 3. The average molecular weight is 411 g/mol. The van der Waals surface area contributed by atoms with Crippen molar-refractivity contribution in [2.45, 2.75) is 19.5 Å². The predicted octanol–water partition coefficient (Wildman–Crippen LogP) is 5.87. The Balaban J connectivity index is 1.59. The van der Waals surface area contributed by atoms with Gasteiger partial charge >= 0.3 is 12.1 Å². The first kappa shape index (κ1) is 19.7. The molecule has 4 rings (SSSR count). The van der Waals surface area contributed by atoms with Crippen LogP contribution in [-0.4, -0.2) is 11.9 Å². The number of benzene rings is 2.